The Bertz CT molecular complexity index is 888. The standard InChI is InChI=1S/C21H21FN2O3/c1-12(2)10-18(19(25)23-17-11-14(22)9-8-13(17)3)24-20(26)15-6-4-5-7-16(15)21(24)27/h4-9,11-12,18H,10H2,1-3H3,(H,23,25)/t18-/m0/s1. The molecule has 5 nitrogen and oxygen atoms in total. The van der Waals surface area contributed by atoms with Gasteiger partial charge in [0.05, 0.1) is 11.1 Å². The lowest BCUT2D eigenvalue weighted by atomic mass is 10.0. The largest absolute Gasteiger partial charge is 0.324 e. The van der Waals surface area contributed by atoms with Gasteiger partial charge in [-0.3, -0.25) is 19.3 Å². The summed E-state index contributed by atoms with van der Waals surface area (Å²) in [6.45, 7) is 5.56. The van der Waals surface area contributed by atoms with Crippen molar-refractivity contribution < 1.29 is 18.8 Å². The zero-order valence-corrected chi connectivity index (χ0v) is 15.5. The van der Waals surface area contributed by atoms with Crippen molar-refractivity contribution in [2.75, 3.05) is 5.32 Å². The Kier molecular flexibility index (Phi) is 5.08. The lowest BCUT2D eigenvalue weighted by molar-refractivity contribution is -0.120. The Morgan fingerprint density at radius 1 is 1.07 bits per heavy atom. The molecular formula is C21H21FN2O3. The van der Waals surface area contributed by atoms with Gasteiger partial charge in [-0.15, -0.1) is 0 Å². The van der Waals surface area contributed by atoms with Gasteiger partial charge >= 0.3 is 0 Å². The van der Waals surface area contributed by atoms with Gasteiger partial charge < -0.3 is 5.32 Å². The van der Waals surface area contributed by atoms with Gasteiger partial charge in [0.25, 0.3) is 11.8 Å². The smallest absolute Gasteiger partial charge is 0.262 e. The van der Waals surface area contributed by atoms with Crippen LogP contribution in [0.4, 0.5) is 10.1 Å². The summed E-state index contributed by atoms with van der Waals surface area (Å²) in [6.07, 6.45) is 0.311. The molecule has 27 heavy (non-hydrogen) atoms. The number of hydrogen-bond acceptors (Lipinski definition) is 3. The molecule has 0 spiro atoms. The van der Waals surface area contributed by atoms with E-state index in [9.17, 15) is 18.8 Å². The van der Waals surface area contributed by atoms with Crippen LogP contribution in [0.5, 0.6) is 0 Å². The van der Waals surface area contributed by atoms with E-state index in [0.29, 0.717) is 28.8 Å². The molecule has 3 amide bonds. The van der Waals surface area contributed by atoms with Gasteiger partial charge in [-0.1, -0.05) is 32.0 Å². The highest BCUT2D eigenvalue weighted by Gasteiger charge is 2.42. The third-order valence-corrected chi connectivity index (χ3v) is 4.59. The number of halogens is 1. The van der Waals surface area contributed by atoms with Gasteiger partial charge in [0, 0.05) is 5.69 Å². The van der Waals surface area contributed by atoms with Crippen molar-refractivity contribution in [1.29, 1.82) is 0 Å². The van der Waals surface area contributed by atoms with Gasteiger partial charge in [-0.2, -0.15) is 0 Å². The average molecular weight is 368 g/mol. The van der Waals surface area contributed by atoms with E-state index in [-0.39, 0.29) is 5.92 Å². The predicted octanol–water partition coefficient (Wildman–Crippen LogP) is 3.78. The molecule has 0 bridgehead atoms. The Morgan fingerprint density at radius 2 is 1.67 bits per heavy atom. The second-order valence-corrected chi connectivity index (χ2v) is 7.12. The summed E-state index contributed by atoms with van der Waals surface area (Å²) in [5, 5.41) is 2.68. The number of benzene rings is 2. The van der Waals surface area contributed by atoms with E-state index in [2.05, 4.69) is 5.32 Å². The predicted molar refractivity (Wildman–Crippen MR) is 100.0 cm³/mol. The molecule has 1 heterocycles. The van der Waals surface area contributed by atoms with Crippen LogP contribution < -0.4 is 5.32 Å². The molecule has 1 aliphatic heterocycles. The number of anilines is 1. The molecule has 1 N–H and O–H groups in total. The molecule has 0 aliphatic carbocycles. The number of carbonyl (C=O) groups excluding carboxylic acids is 3. The fraction of sp³-hybridized carbons (Fsp3) is 0.286. The van der Waals surface area contributed by atoms with Gasteiger partial charge in [0.15, 0.2) is 0 Å². The highest BCUT2D eigenvalue weighted by atomic mass is 19.1. The summed E-state index contributed by atoms with van der Waals surface area (Å²) in [5.74, 6) is -1.87. The number of fused-ring (bicyclic) bond motifs is 1. The van der Waals surface area contributed by atoms with Crippen molar-refractivity contribution in [2.45, 2.75) is 33.2 Å². The Labute approximate surface area is 157 Å². The molecule has 3 rings (SSSR count). The maximum absolute atomic E-state index is 13.5. The third kappa shape index (κ3) is 3.60. The molecule has 0 fully saturated rings. The summed E-state index contributed by atoms with van der Waals surface area (Å²) in [7, 11) is 0. The first-order valence-corrected chi connectivity index (χ1v) is 8.83. The van der Waals surface area contributed by atoms with Crippen LogP contribution in [0.3, 0.4) is 0 Å². The minimum Gasteiger partial charge on any atom is -0.324 e. The van der Waals surface area contributed by atoms with Gasteiger partial charge in [-0.05, 0) is 49.1 Å². The maximum Gasteiger partial charge on any atom is 0.262 e. The molecule has 2 aromatic rings. The van der Waals surface area contributed by atoms with E-state index in [1.165, 1.54) is 12.1 Å². The Hall–Kier alpha value is -3.02. The zero-order chi connectivity index (χ0) is 19.7. The second-order valence-electron chi connectivity index (χ2n) is 7.12. The van der Waals surface area contributed by atoms with Crippen molar-refractivity contribution in [3.8, 4) is 0 Å². The number of nitrogens with zero attached hydrogens (tertiary/aromatic N) is 1. The molecule has 0 saturated carbocycles. The minimum atomic E-state index is -0.972. The van der Waals surface area contributed by atoms with Crippen LogP contribution in [-0.4, -0.2) is 28.7 Å². The van der Waals surface area contributed by atoms with E-state index < -0.39 is 29.6 Å². The molecule has 0 aromatic heterocycles. The van der Waals surface area contributed by atoms with Crippen LogP contribution in [0.2, 0.25) is 0 Å². The monoisotopic (exact) mass is 368 g/mol. The van der Waals surface area contributed by atoms with E-state index in [4.69, 9.17) is 0 Å². The first kappa shape index (κ1) is 18.8. The van der Waals surface area contributed by atoms with Crippen LogP contribution in [0, 0.1) is 18.7 Å². The van der Waals surface area contributed by atoms with E-state index >= 15 is 0 Å². The summed E-state index contributed by atoms with van der Waals surface area (Å²) in [6, 6.07) is 9.64. The van der Waals surface area contributed by atoms with Crippen LogP contribution >= 0.6 is 0 Å². The van der Waals surface area contributed by atoms with Crippen LogP contribution in [0.1, 0.15) is 46.5 Å². The van der Waals surface area contributed by atoms with Crippen LogP contribution in [0.25, 0.3) is 0 Å². The topological polar surface area (TPSA) is 66.5 Å². The third-order valence-electron chi connectivity index (χ3n) is 4.59. The molecule has 1 atom stereocenters. The minimum absolute atomic E-state index is 0.0682. The van der Waals surface area contributed by atoms with Crippen LogP contribution in [-0.2, 0) is 4.79 Å². The molecule has 6 heteroatoms. The highest BCUT2D eigenvalue weighted by Crippen LogP contribution is 2.28. The zero-order valence-electron chi connectivity index (χ0n) is 15.5. The molecular weight excluding hydrogens is 347 g/mol. The highest BCUT2D eigenvalue weighted by molar-refractivity contribution is 6.23. The summed E-state index contributed by atoms with van der Waals surface area (Å²) in [5.41, 5.74) is 1.61. The van der Waals surface area contributed by atoms with Gasteiger partial charge in [0.1, 0.15) is 11.9 Å². The fourth-order valence-electron chi connectivity index (χ4n) is 3.21. The van der Waals surface area contributed by atoms with Gasteiger partial charge in [-0.25, -0.2) is 4.39 Å². The number of carbonyl (C=O) groups is 3. The lowest BCUT2D eigenvalue weighted by Gasteiger charge is -2.27. The van der Waals surface area contributed by atoms with E-state index in [1.807, 2.05) is 13.8 Å². The van der Waals surface area contributed by atoms with E-state index in [1.54, 1.807) is 37.3 Å². The average Bonchev–Trinajstić information content (AvgIpc) is 2.87. The molecule has 0 saturated heterocycles. The van der Waals surface area contributed by atoms with Crippen LogP contribution in [0.15, 0.2) is 42.5 Å². The molecule has 140 valence electrons. The number of imide groups is 1. The summed E-state index contributed by atoms with van der Waals surface area (Å²) >= 11 is 0. The Morgan fingerprint density at radius 3 is 2.22 bits per heavy atom. The van der Waals surface area contributed by atoms with Gasteiger partial charge in [0.2, 0.25) is 5.91 Å². The second kappa shape index (κ2) is 7.31. The molecule has 0 unspecified atom stereocenters. The number of rotatable bonds is 5. The first-order valence-electron chi connectivity index (χ1n) is 8.83. The summed E-state index contributed by atoms with van der Waals surface area (Å²) < 4.78 is 13.5. The number of nitrogens with one attached hydrogen (secondary N) is 1. The molecule has 2 aromatic carbocycles. The molecule has 0 radical (unpaired) electrons. The Balaban J connectivity index is 1.93. The fourth-order valence-corrected chi connectivity index (χ4v) is 3.21. The van der Waals surface area contributed by atoms with E-state index in [0.717, 1.165) is 4.90 Å². The maximum atomic E-state index is 13.5. The lowest BCUT2D eigenvalue weighted by Crippen LogP contribution is -2.48. The number of hydrogen-bond donors (Lipinski definition) is 1. The van der Waals surface area contributed by atoms with Crippen molar-refractivity contribution in [3.63, 3.8) is 0 Å². The van der Waals surface area contributed by atoms with Crippen molar-refractivity contribution >= 4 is 23.4 Å². The molecule has 1 aliphatic rings. The van der Waals surface area contributed by atoms with Crippen molar-refractivity contribution in [3.05, 3.63) is 65.0 Å². The number of aryl methyl sites for hydroxylation is 1. The number of amides is 3. The SMILES string of the molecule is Cc1ccc(F)cc1NC(=O)[C@H](CC(C)C)N1C(=O)c2ccccc2C1=O. The summed E-state index contributed by atoms with van der Waals surface area (Å²) in [4.78, 5) is 39.5. The van der Waals surface area contributed by atoms with Crippen molar-refractivity contribution in [2.24, 2.45) is 5.92 Å². The van der Waals surface area contributed by atoms with Crippen molar-refractivity contribution in [1.82, 2.24) is 4.90 Å². The quantitative estimate of drug-likeness (QED) is 0.817. The first-order chi connectivity index (χ1) is 12.8. The normalized spacial score (nSPS) is 14.5.